The van der Waals surface area contributed by atoms with Gasteiger partial charge in [-0.2, -0.15) is 0 Å². The SMILES string of the molecule is CC1(C)OB(c2ccc(C(CF)C(F)F)cc2)OC1(C)C. The van der Waals surface area contributed by atoms with E-state index in [1.54, 1.807) is 12.1 Å². The Balaban J connectivity index is 2.17. The third-order valence-corrected chi connectivity index (χ3v) is 4.36. The molecule has 0 aromatic heterocycles. The molecule has 6 heteroatoms. The van der Waals surface area contributed by atoms with Crippen molar-refractivity contribution in [1.29, 1.82) is 0 Å². The van der Waals surface area contributed by atoms with Gasteiger partial charge in [0.1, 0.15) is 6.67 Å². The van der Waals surface area contributed by atoms with Crippen LogP contribution in [0.3, 0.4) is 0 Å². The third kappa shape index (κ3) is 3.11. The quantitative estimate of drug-likeness (QED) is 0.794. The van der Waals surface area contributed by atoms with E-state index >= 15 is 0 Å². The molecule has 1 aromatic rings. The topological polar surface area (TPSA) is 18.5 Å². The summed E-state index contributed by atoms with van der Waals surface area (Å²) in [6.45, 7) is 6.69. The molecular formula is C15H20BF3O2. The van der Waals surface area contributed by atoms with Crippen LogP contribution in [0.2, 0.25) is 0 Å². The van der Waals surface area contributed by atoms with Gasteiger partial charge in [-0.3, -0.25) is 4.39 Å². The molecule has 1 fully saturated rings. The van der Waals surface area contributed by atoms with Crippen LogP contribution in [0.1, 0.15) is 39.2 Å². The highest BCUT2D eigenvalue weighted by molar-refractivity contribution is 6.62. The second-order valence-electron chi connectivity index (χ2n) is 6.35. The van der Waals surface area contributed by atoms with E-state index in [0.29, 0.717) is 0 Å². The van der Waals surface area contributed by atoms with Crippen molar-refractivity contribution in [2.45, 2.75) is 51.2 Å². The van der Waals surface area contributed by atoms with Gasteiger partial charge in [-0.05, 0) is 38.7 Å². The van der Waals surface area contributed by atoms with Gasteiger partial charge in [0.05, 0.1) is 17.1 Å². The number of benzene rings is 1. The molecule has 0 saturated carbocycles. The Labute approximate surface area is 123 Å². The lowest BCUT2D eigenvalue weighted by molar-refractivity contribution is 0.00578. The van der Waals surface area contributed by atoms with Gasteiger partial charge in [-0.1, -0.05) is 24.3 Å². The van der Waals surface area contributed by atoms with E-state index in [1.807, 2.05) is 27.7 Å². The zero-order valence-electron chi connectivity index (χ0n) is 12.7. The number of halogens is 3. The fourth-order valence-electron chi connectivity index (χ4n) is 2.18. The molecule has 0 radical (unpaired) electrons. The largest absolute Gasteiger partial charge is 0.494 e. The average molecular weight is 300 g/mol. The Hall–Kier alpha value is -1.01. The Morgan fingerprint density at radius 2 is 1.48 bits per heavy atom. The maximum absolute atomic E-state index is 12.7. The highest BCUT2D eigenvalue weighted by Crippen LogP contribution is 2.36. The molecule has 0 spiro atoms. The molecule has 1 aliphatic rings. The first kappa shape index (κ1) is 16.4. The summed E-state index contributed by atoms with van der Waals surface area (Å²) in [6.07, 6.45) is -2.71. The molecule has 0 bridgehead atoms. The normalized spacial score (nSPS) is 21.8. The van der Waals surface area contributed by atoms with Crippen LogP contribution < -0.4 is 5.46 Å². The molecular weight excluding hydrogens is 280 g/mol. The van der Waals surface area contributed by atoms with Crippen LogP contribution in [0, 0.1) is 0 Å². The minimum Gasteiger partial charge on any atom is -0.399 e. The fraction of sp³-hybridized carbons (Fsp3) is 0.600. The summed E-state index contributed by atoms with van der Waals surface area (Å²) in [4.78, 5) is 0. The lowest BCUT2D eigenvalue weighted by atomic mass is 9.78. The minimum atomic E-state index is -2.71. The molecule has 1 unspecified atom stereocenters. The minimum absolute atomic E-state index is 0.285. The molecule has 21 heavy (non-hydrogen) atoms. The first-order valence-electron chi connectivity index (χ1n) is 6.97. The maximum atomic E-state index is 12.7. The Morgan fingerprint density at radius 3 is 1.86 bits per heavy atom. The van der Waals surface area contributed by atoms with Crippen LogP contribution in [0.15, 0.2) is 24.3 Å². The molecule has 1 saturated heterocycles. The van der Waals surface area contributed by atoms with Crippen LogP contribution in [0.5, 0.6) is 0 Å². The number of hydrogen-bond acceptors (Lipinski definition) is 2. The van der Waals surface area contributed by atoms with Crippen LogP contribution >= 0.6 is 0 Å². The van der Waals surface area contributed by atoms with E-state index in [2.05, 4.69) is 0 Å². The first-order chi connectivity index (χ1) is 9.68. The van der Waals surface area contributed by atoms with Gasteiger partial charge in [-0.15, -0.1) is 0 Å². The Bertz CT molecular complexity index is 472. The van der Waals surface area contributed by atoms with Gasteiger partial charge in [0.25, 0.3) is 0 Å². The van der Waals surface area contributed by atoms with Crippen LogP contribution in [-0.2, 0) is 9.31 Å². The van der Waals surface area contributed by atoms with Crippen molar-refractivity contribution in [3.8, 4) is 0 Å². The second-order valence-corrected chi connectivity index (χ2v) is 6.35. The third-order valence-electron chi connectivity index (χ3n) is 4.36. The first-order valence-corrected chi connectivity index (χ1v) is 6.97. The molecule has 0 amide bonds. The molecule has 2 nitrogen and oxygen atoms in total. The lowest BCUT2D eigenvalue weighted by Gasteiger charge is -2.32. The molecule has 0 N–H and O–H groups in total. The van der Waals surface area contributed by atoms with Crippen molar-refractivity contribution in [2.75, 3.05) is 6.67 Å². The van der Waals surface area contributed by atoms with Crippen molar-refractivity contribution in [2.24, 2.45) is 0 Å². The van der Waals surface area contributed by atoms with Crippen LogP contribution in [-0.4, -0.2) is 31.4 Å². The Morgan fingerprint density at radius 1 is 1.00 bits per heavy atom. The van der Waals surface area contributed by atoms with E-state index in [-0.39, 0.29) is 5.56 Å². The molecule has 2 rings (SSSR count). The van der Waals surface area contributed by atoms with E-state index in [0.717, 1.165) is 5.46 Å². The summed E-state index contributed by atoms with van der Waals surface area (Å²) >= 11 is 0. The summed E-state index contributed by atoms with van der Waals surface area (Å²) in [7, 11) is -0.542. The van der Waals surface area contributed by atoms with Gasteiger partial charge in [-0.25, -0.2) is 8.78 Å². The summed E-state index contributed by atoms with van der Waals surface area (Å²) in [6, 6.07) is 6.33. The van der Waals surface area contributed by atoms with Gasteiger partial charge in [0.15, 0.2) is 0 Å². The number of rotatable bonds is 4. The van der Waals surface area contributed by atoms with E-state index in [4.69, 9.17) is 9.31 Å². The van der Waals surface area contributed by atoms with Gasteiger partial charge in [0, 0.05) is 0 Å². The molecule has 1 atom stereocenters. The van der Waals surface area contributed by atoms with Crippen molar-refractivity contribution in [3.63, 3.8) is 0 Å². The van der Waals surface area contributed by atoms with E-state index in [1.165, 1.54) is 12.1 Å². The average Bonchev–Trinajstić information content (AvgIpc) is 2.59. The molecule has 1 aliphatic heterocycles. The summed E-state index contributed by atoms with van der Waals surface area (Å²) < 4.78 is 49.8. The summed E-state index contributed by atoms with van der Waals surface area (Å²) in [5.74, 6) is -1.38. The fourth-order valence-corrected chi connectivity index (χ4v) is 2.18. The Kier molecular flexibility index (Phi) is 4.40. The van der Waals surface area contributed by atoms with Crippen molar-refractivity contribution >= 4 is 12.6 Å². The van der Waals surface area contributed by atoms with Gasteiger partial charge < -0.3 is 9.31 Å². The molecule has 0 aliphatic carbocycles. The van der Waals surface area contributed by atoms with Crippen LogP contribution in [0.4, 0.5) is 13.2 Å². The molecule has 1 aromatic carbocycles. The van der Waals surface area contributed by atoms with Crippen molar-refractivity contribution in [1.82, 2.24) is 0 Å². The predicted octanol–water partition coefficient (Wildman–Crippen LogP) is 3.30. The van der Waals surface area contributed by atoms with Gasteiger partial charge >= 0.3 is 7.12 Å². The lowest BCUT2D eigenvalue weighted by Crippen LogP contribution is -2.41. The van der Waals surface area contributed by atoms with Crippen LogP contribution in [0.25, 0.3) is 0 Å². The smallest absolute Gasteiger partial charge is 0.399 e. The zero-order valence-corrected chi connectivity index (χ0v) is 12.7. The maximum Gasteiger partial charge on any atom is 0.494 e. The summed E-state index contributed by atoms with van der Waals surface area (Å²) in [5, 5.41) is 0. The summed E-state index contributed by atoms with van der Waals surface area (Å²) in [5.41, 5.74) is 0.110. The highest BCUT2D eigenvalue weighted by atomic mass is 19.3. The molecule has 116 valence electrons. The zero-order chi connectivity index (χ0) is 15.8. The van der Waals surface area contributed by atoms with Crippen molar-refractivity contribution < 1.29 is 22.5 Å². The predicted molar refractivity (Wildman–Crippen MR) is 76.9 cm³/mol. The van der Waals surface area contributed by atoms with E-state index in [9.17, 15) is 13.2 Å². The highest BCUT2D eigenvalue weighted by Gasteiger charge is 2.51. The molecule has 1 heterocycles. The monoisotopic (exact) mass is 300 g/mol. The second kappa shape index (κ2) is 5.65. The standard InChI is InChI=1S/C15H20BF3O2/c1-14(2)15(3,4)21-16(20-14)11-7-5-10(6-8-11)12(9-17)13(18)19/h5-8,12-13H,9H2,1-4H3. The van der Waals surface area contributed by atoms with Gasteiger partial charge in [0.2, 0.25) is 6.43 Å². The van der Waals surface area contributed by atoms with E-state index < -0.39 is 37.3 Å². The van der Waals surface area contributed by atoms with Crippen molar-refractivity contribution in [3.05, 3.63) is 29.8 Å². The number of alkyl halides is 3. The number of hydrogen-bond donors (Lipinski definition) is 0.